The minimum absolute atomic E-state index is 0.216. The summed E-state index contributed by atoms with van der Waals surface area (Å²) in [6.07, 6.45) is 6.26. The molecule has 1 aromatic heterocycles. The van der Waals surface area contributed by atoms with Gasteiger partial charge in [-0.1, -0.05) is 41.0 Å². The molecule has 0 radical (unpaired) electrons. The SMILES string of the molecule is CCCC(CC)NC.CCCN1C(=O)c2cc(C(=O)NCCCN(CC)CC)nn2CC1(C)C=O. The summed E-state index contributed by atoms with van der Waals surface area (Å²) in [4.78, 5) is 40.7. The van der Waals surface area contributed by atoms with E-state index in [9.17, 15) is 14.4 Å². The van der Waals surface area contributed by atoms with Crippen LogP contribution in [0.2, 0.25) is 0 Å². The second-order valence-corrected chi connectivity index (χ2v) is 9.32. The van der Waals surface area contributed by atoms with Crippen LogP contribution in [0.3, 0.4) is 0 Å². The number of hydrogen-bond acceptors (Lipinski definition) is 6. The van der Waals surface area contributed by atoms with E-state index in [1.807, 2.05) is 14.0 Å². The molecule has 200 valence electrons. The van der Waals surface area contributed by atoms with Gasteiger partial charge in [0, 0.05) is 25.2 Å². The van der Waals surface area contributed by atoms with Crippen molar-refractivity contribution in [3.63, 3.8) is 0 Å². The summed E-state index contributed by atoms with van der Waals surface area (Å²) in [5.41, 5.74) is -0.368. The zero-order valence-electron chi connectivity index (χ0n) is 23.0. The number of rotatable bonds is 14. The Balaban J connectivity index is 0.000000658. The Labute approximate surface area is 212 Å². The van der Waals surface area contributed by atoms with Crippen molar-refractivity contribution in [1.82, 2.24) is 30.2 Å². The van der Waals surface area contributed by atoms with Gasteiger partial charge in [-0.25, -0.2) is 0 Å². The summed E-state index contributed by atoms with van der Waals surface area (Å²) in [5, 5.41) is 10.4. The van der Waals surface area contributed by atoms with E-state index >= 15 is 0 Å². The average Bonchev–Trinajstić information content (AvgIpc) is 3.29. The van der Waals surface area contributed by atoms with Gasteiger partial charge in [-0.05, 0) is 59.3 Å². The fourth-order valence-electron chi connectivity index (χ4n) is 4.30. The van der Waals surface area contributed by atoms with Gasteiger partial charge in [-0.2, -0.15) is 5.10 Å². The summed E-state index contributed by atoms with van der Waals surface area (Å²) in [6.45, 7) is 16.6. The number of nitrogens with zero attached hydrogens (tertiary/aromatic N) is 4. The Bertz CT molecular complexity index is 788. The summed E-state index contributed by atoms with van der Waals surface area (Å²) >= 11 is 0. The number of amides is 2. The normalized spacial score (nSPS) is 18.1. The summed E-state index contributed by atoms with van der Waals surface area (Å²) in [7, 11) is 2.03. The van der Waals surface area contributed by atoms with E-state index in [2.05, 4.69) is 48.3 Å². The molecule has 0 saturated heterocycles. The van der Waals surface area contributed by atoms with Crippen molar-refractivity contribution in [2.24, 2.45) is 0 Å². The predicted molar refractivity (Wildman–Crippen MR) is 141 cm³/mol. The van der Waals surface area contributed by atoms with Crippen LogP contribution in [0, 0.1) is 0 Å². The fraction of sp³-hybridized carbons (Fsp3) is 0.769. The van der Waals surface area contributed by atoms with E-state index in [1.165, 1.54) is 30.0 Å². The summed E-state index contributed by atoms with van der Waals surface area (Å²) in [5.74, 6) is -0.551. The maximum absolute atomic E-state index is 12.8. The van der Waals surface area contributed by atoms with Crippen molar-refractivity contribution < 1.29 is 14.4 Å². The van der Waals surface area contributed by atoms with Crippen LogP contribution in [0.5, 0.6) is 0 Å². The molecule has 9 heteroatoms. The Kier molecular flexibility index (Phi) is 13.8. The van der Waals surface area contributed by atoms with Crippen molar-refractivity contribution in [2.45, 2.75) is 91.8 Å². The van der Waals surface area contributed by atoms with Crippen LogP contribution in [0.4, 0.5) is 0 Å². The molecule has 2 rings (SSSR count). The number of carbonyl (C=O) groups excluding carboxylic acids is 3. The largest absolute Gasteiger partial charge is 0.351 e. The van der Waals surface area contributed by atoms with Crippen LogP contribution in [0.1, 0.15) is 94.6 Å². The minimum atomic E-state index is -0.941. The molecule has 2 amide bonds. The third kappa shape index (κ3) is 8.72. The van der Waals surface area contributed by atoms with E-state index in [-0.39, 0.29) is 24.1 Å². The molecule has 35 heavy (non-hydrogen) atoms. The van der Waals surface area contributed by atoms with Crippen LogP contribution in [0.15, 0.2) is 6.07 Å². The first-order valence-electron chi connectivity index (χ1n) is 13.3. The number of fused-ring (bicyclic) bond motifs is 1. The first-order valence-corrected chi connectivity index (χ1v) is 13.3. The molecule has 2 unspecified atom stereocenters. The van der Waals surface area contributed by atoms with Gasteiger partial charge in [0.25, 0.3) is 11.8 Å². The maximum atomic E-state index is 12.8. The highest BCUT2D eigenvalue weighted by molar-refractivity contribution is 5.99. The lowest BCUT2D eigenvalue weighted by Crippen LogP contribution is -2.58. The molecule has 0 fully saturated rings. The van der Waals surface area contributed by atoms with Crippen LogP contribution in [-0.4, -0.2) is 89.0 Å². The van der Waals surface area contributed by atoms with Crippen LogP contribution >= 0.6 is 0 Å². The molecule has 2 heterocycles. The van der Waals surface area contributed by atoms with Gasteiger partial charge < -0.3 is 25.2 Å². The third-order valence-electron chi connectivity index (χ3n) is 6.63. The fourth-order valence-corrected chi connectivity index (χ4v) is 4.30. The zero-order valence-corrected chi connectivity index (χ0v) is 23.0. The molecule has 9 nitrogen and oxygen atoms in total. The molecule has 0 spiro atoms. The van der Waals surface area contributed by atoms with Crippen LogP contribution in [-0.2, 0) is 11.3 Å². The monoisotopic (exact) mass is 492 g/mol. The van der Waals surface area contributed by atoms with Crippen molar-refractivity contribution in [2.75, 3.05) is 39.8 Å². The number of aromatic nitrogens is 2. The Hall–Kier alpha value is -2.26. The van der Waals surface area contributed by atoms with Crippen molar-refractivity contribution in [1.29, 1.82) is 0 Å². The van der Waals surface area contributed by atoms with E-state index in [0.717, 1.165) is 44.8 Å². The molecule has 1 aliphatic rings. The van der Waals surface area contributed by atoms with Gasteiger partial charge >= 0.3 is 0 Å². The molecule has 2 N–H and O–H groups in total. The third-order valence-corrected chi connectivity index (χ3v) is 6.63. The van der Waals surface area contributed by atoms with Gasteiger partial charge in [-0.15, -0.1) is 0 Å². The number of aldehydes is 1. The van der Waals surface area contributed by atoms with Crippen LogP contribution in [0.25, 0.3) is 0 Å². The van der Waals surface area contributed by atoms with E-state index in [4.69, 9.17) is 0 Å². The highest BCUT2D eigenvalue weighted by atomic mass is 16.2. The predicted octanol–water partition coefficient (Wildman–Crippen LogP) is 2.95. The van der Waals surface area contributed by atoms with Crippen molar-refractivity contribution in [3.05, 3.63) is 17.5 Å². The average molecular weight is 493 g/mol. The Morgan fingerprint density at radius 1 is 1.23 bits per heavy atom. The van der Waals surface area contributed by atoms with Gasteiger partial charge in [0.1, 0.15) is 17.5 Å². The number of hydrogen-bond donors (Lipinski definition) is 2. The van der Waals surface area contributed by atoms with Crippen LogP contribution < -0.4 is 10.6 Å². The lowest BCUT2D eigenvalue weighted by Gasteiger charge is -2.40. The molecular weight excluding hydrogens is 444 g/mol. The first-order chi connectivity index (χ1) is 16.7. The zero-order chi connectivity index (χ0) is 26.4. The molecule has 0 aromatic carbocycles. The highest BCUT2D eigenvalue weighted by Gasteiger charge is 2.42. The summed E-state index contributed by atoms with van der Waals surface area (Å²) < 4.78 is 1.48. The maximum Gasteiger partial charge on any atom is 0.273 e. The van der Waals surface area contributed by atoms with Crippen molar-refractivity contribution >= 4 is 18.1 Å². The number of carbonyl (C=O) groups is 3. The van der Waals surface area contributed by atoms with Gasteiger partial charge in [0.15, 0.2) is 5.69 Å². The van der Waals surface area contributed by atoms with Gasteiger partial charge in [-0.3, -0.25) is 14.3 Å². The second-order valence-electron chi connectivity index (χ2n) is 9.32. The lowest BCUT2D eigenvalue weighted by atomic mass is 9.98. The van der Waals surface area contributed by atoms with Crippen molar-refractivity contribution in [3.8, 4) is 0 Å². The Morgan fingerprint density at radius 2 is 1.91 bits per heavy atom. The standard InChI is InChI=1S/C19H31N5O3.C7H17N/c1-5-10-23-18(27)16-12-15(21-24(16)13-19(23,4)14-25)17(26)20-9-8-11-22(6-2)7-3;1-4-6-7(5-2)8-3/h12,14H,5-11,13H2,1-4H3,(H,20,26);7-8H,4-6H2,1-3H3. The van der Waals surface area contributed by atoms with E-state index < -0.39 is 5.54 Å². The molecule has 0 saturated carbocycles. The number of nitrogens with one attached hydrogen (secondary N) is 2. The summed E-state index contributed by atoms with van der Waals surface area (Å²) in [6, 6.07) is 2.27. The lowest BCUT2D eigenvalue weighted by molar-refractivity contribution is -0.118. The smallest absolute Gasteiger partial charge is 0.273 e. The molecule has 1 aromatic rings. The van der Waals surface area contributed by atoms with E-state index in [0.29, 0.717) is 18.8 Å². The highest BCUT2D eigenvalue weighted by Crippen LogP contribution is 2.25. The van der Waals surface area contributed by atoms with E-state index in [1.54, 1.807) is 11.8 Å². The molecular formula is C26H48N6O3. The molecule has 1 aliphatic heterocycles. The molecule has 0 aliphatic carbocycles. The molecule has 0 bridgehead atoms. The second kappa shape index (κ2) is 15.7. The van der Waals surface area contributed by atoms with Gasteiger partial charge in [0.05, 0.1) is 6.54 Å². The first kappa shape index (κ1) is 30.8. The quantitative estimate of drug-likeness (QED) is 0.306. The topological polar surface area (TPSA) is 99.6 Å². The minimum Gasteiger partial charge on any atom is -0.351 e. The van der Waals surface area contributed by atoms with Gasteiger partial charge in [0.2, 0.25) is 0 Å². The molecule has 2 atom stereocenters. The Morgan fingerprint density at radius 3 is 2.40 bits per heavy atom.